The van der Waals surface area contributed by atoms with Crippen LogP contribution in [0.15, 0.2) is 24.3 Å². The molecule has 1 atom stereocenters. The molecule has 1 unspecified atom stereocenters. The van der Waals surface area contributed by atoms with Crippen LogP contribution in [0.3, 0.4) is 0 Å². The van der Waals surface area contributed by atoms with Gasteiger partial charge in [0.1, 0.15) is 0 Å². The number of nitrogens with zero attached hydrogens (tertiary/aromatic N) is 3. The topological polar surface area (TPSA) is 60.9 Å². The summed E-state index contributed by atoms with van der Waals surface area (Å²) in [7, 11) is 0. The molecule has 3 rings (SSSR count). The molecular weight excluding hydrogens is 330 g/mol. The number of hydrogen-bond acceptors (Lipinski definition) is 3. The molecule has 2 heterocycles. The van der Waals surface area contributed by atoms with E-state index in [4.69, 9.17) is 0 Å². The molecule has 26 heavy (non-hydrogen) atoms. The Morgan fingerprint density at radius 3 is 2.31 bits per heavy atom. The maximum absolute atomic E-state index is 12.7. The van der Waals surface area contributed by atoms with Crippen molar-refractivity contribution < 1.29 is 14.4 Å². The highest BCUT2D eigenvalue weighted by molar-refractivity contribution is 5.94. The molecule has 0 aromatic heterocycles. The van der Waals surface area contributed by atoms with Crippen molar-refractivity contribution in [1.29, 1.82) is 0 Å². The zero-order chi connectivity index (χ0) is 18.8. The Kier molecular flexibility index (Phi) is 5.30. The van der Waals surface area contributed by atoms with Crippen LogP contribution in [-0.2, 0) is 9.59 Å². The van der Waals surface area contributed by atoms with E-state index in [9.17, 15) is 14.4 Å². The summed E-state index contributed by atoms with van der Waals surface area (Å²) in [6.07, 6.45) is 0.305. The van der Waals surface area contributed by atoms with Crippen LogP contribution in [0.25, 0.3) is 0 Å². The zero-order valence-electron chi connectivity index (χ0n) is 15.8. The van der Waals surface area contributed by atoms with Crippen molar-refractivity contribution in [2.24, 2.45) is 5.92 Å². The van der Waals surface area contributed by atoms with Crippen LogP contribution in [0.5, 0.6) is 0 Å². The van der Waals surface area contributed by atoms with Crippen LogP contribution in [-0.4, -0.2) is 71.2 Å². The number of aryl methyl sites for hydroxylation is 1. The Bertz CT molecular complexity index is 708. The van der Waals surface area contributed by atoms with Gasteiger partial charge in [-0.05, 0) is 32.9 Å². The lowest BCUT2D eigenvalue weighted by Gasteiger charge is -2.36. The van der Waals surface area contributed by atoms with E-state index in [1.807, 2.05) is 49.9 Å². The lowest BCUT2D eigenvalue weighted by molar-refractivity contribution is -0.137. The number of likely N-dealkylation sites (tertiary alicyclic amines) is 1. The van der Waals surface area contributed by atoms with Gasteiger partial charge in [-0.25, -0.2) is 0 Å². The van der Waals surface area contributed by atoms with Gasteiger partial charge in [-0.2, -0.15) is 0 Å². The summed E-state index contributed by atoms with van der Waals surface area (Å²) < 4.78 is 0. The van der Waals surface area contributed by atoms with Crippen molar-refractivity contribution in [3.05, 3.63) is 35.4 Å². The highest BCUT2D eigenvalue weighted by atomic mass is 16.2. The highest BCUT2D eigenvalue weighted by Gasteiger charge is 2.38. The van der Waals surface area contributed by atoms with Crippen molar-refractivity contribution in [3.8, 4) is 0 Å². The molecule has 3 amide bonds. The predicted molar refractivity (Wildman–Crippen MR) is 98.6 cm³/mol. The molecule has 2 saturated heterocycles. The maximum atomic E-state index is 12.7. The van der Waals surface area contributed by atoms with Gasteiger partial charge in [0.05, 0.1) is 5.92 Å². The van der Waals surface area contributed by atoms with E-state index in [0.29, 0.717) is 44.7 Å². The van der Waals surface area contributed by atoms with Crippen molar-refractivity contribution in [2.45, 2.75) is 33.2 Å². The van der Waals surface area contributed by atoms with Crippen molar-refractivity contribution in [1.82, 2.24) is 14.7 Å². The number of hydrogen-bond donors (Lipinski definition) is 0. The molecule has 0 radical (unpaired) electrons. The second kappa shape index (κ2) is 7.48. The Morgan fingerprint density at radius 2 is 1.73 bits per heavy atom. The van der Waals surface area contributed by atoms with Gasteiger partial charge in [0.25, 0.3) is 5.91 Å². The van der Waals surface area contributed by atoms with E-state index in [1.54, 1.807) is 9.80 Å². The molecule has 0 bridgehead atoms. The number of carbonyl (C=O) groups excluding carboxylic acids is 3. The van der Waals surface area contributed by atoms with Crippen molar-refractivity contribution in [3.63, 3.8) is 0 Å². The monoisotopic (exact) mass is 357 g/mol. The second-order valence-corrected chi connectivity index (χ2v) is 7.53. The van der Waals surface area contributed by atoms with Gasteiger partial charge < -0.3 is 14.7 Å². The smallest absolute Gasteiger partial charge is 0.253 e. The number of piperazine rings is 1. The van der Waals surface area contributed by atoms with Crippen molar-refractivity contribution in [2.75, 3.05) is 32.7 Å². The quantitative estimate of drug-likeness (QED) is 0.824. The lowest BCUT2D eigenvalue weighted by atomic mass is 10.1. The van der Waals surface area contributed by atoms with Gasteiger partial charge >= 0.3 is 0 Å². The minimum Gasteiger partial charge on any atom is -0.339 e. The molecular formula is C20H27N3O3. The molecule has 2 fully saturated rings. The Morgan fingerprint density at radius 1 is 1.08 bits per heavy atom. The van der Waals surface area contributed by atoms with Gasteiger partial charge in [0.2, 0.25) is 11.8 Å². The largest absolute Gasteiger partial charge is 0.339 e. The van der Waals surface area contributed by atoms with E-state index >= 15 is 0 Å². The van der Waals surface area contributed by atoms with Crippen LogP contribution < -0.4 is 0 Å². The molecule has 140 valence electrons. The summed E-state index contributed by atoms with van der Waals surface area (Å²) in [4.78, 5) is 42.8. The summed E-state index contributed by atoms with van der Waals surface area (Å²) in [6, 6.07) is 7.71. The fourth-order valence-electron chi connectivity index (χ4n) is 3.74. The molecule has 0 aliphatic carbocycles. The first-order valence-electron chi connectivity index (χ1n) is 9.31. The van der Waals surface area contributed by atoms with Crippen molar-refractivity contribution >= 4 is 17.7 Å². The van der Waals surface area contributed by atoms with E-state index in [2.05, 4.69) is 0 Å². The Balaban J connectivity index is 1.56. The molecule has 6 heteroatoms. The van der Waals surface area contributed by atoms with Crippen LogP contribution in [0.1, 0.15) is 36.2 Å². The van der Waals surface area contributed by atoms with Gasteiger partial charge in [-0.15, -0.1) is 0 Å². The molecule has 2 aliphatic rings. The van der Waals surface area contributed by atoms with Crippen LogP contribution in [0.2, 0.25) is 0 Å². The fraction of sp³-hybridized carbons (Fsp3) is 0.550. The normalized spacial score (nSPS) is 20.8. The molecule has 0 saturated carbocycles. The van der Waals surface area contributed by atoms with Crippen LogP contribution in [0, 0.1) is 12.8 Å². The van der Waals surface area contributed by atoms with E-state index in [0.717, 1.165) is 5.56 Å². The number of carbonyl (C=O) groups is 3. The summed E-state index contributed by atoms with van der Waals surface area (Å²) in [5.74, 6) is -0.123. The van der Waals surface area contributed by atoms with Gasteiger partial charge in [-0.1, -0.05) is 17.7 Å². The number of amides is 3. The SMILES string of the molecule is Cc1cccc(C(=O)N2CCN(C(=O)C3CC(=O)N(C(C)C)C3)CC2)c1. The zero-order valence-corrected chi connectivity index (χ0v) is 15.8. The third kappa shape index (κ3) is 3.74. The Hall–Kier alpha value is -2.37. The highest BCUT2D eigenvalue weighted by Crippen LogP contribution is 2.23. The second-order valence-electron chi connectivity index (χ2n) is 7.53. The molecule has 0 N–H and O–H groups in total. The first kappa shape index (κ1) is 18.4. The summed E-state index contributed by atoms with van der Waals surface area (Å²) in [6.45, 7) is 8.56. The van der Waals surface area contributed by atoms with Gasteiger partial charge in [0.15, 0.2) is 0 Å². The maximum Gasteiger partial charge on any atom is 0.253 e. The van der Waals surface area contributed by atoms with E-state index in [-0.39, 0.29) is 29.7 Å². The third-order valence-electron chi connectivity index (χ3n) is 5.27. The molecule has 1 aromatic carbocycles. The van der Waals surface area contributed by atoms with Gasteiger partial charge in [0, 0.05) is 50.7 Å². The molecule has 2 aliphatic heterocycles. The fourth-order valence-corrected chi connectivity index (χ4v) is 3.74. The molecule has 6 nitrogen and oxygen atoms in total. The summed E-state index contributed by atoms with van der Waals surface area (Å²) >= 11 is 0. The first-order chi connectivity index (χ1) is 12.4. The van der Waals surface area contributed by atoms with Gasteiger partial charge in [-0.3, -0.25) is 14.4 Å². The number of benzene rings is 1. The minimum absolute atomic E-state index is 0.0165. The third-order valence-corrected chi connectivity index (χ3v) is 5.27. The standard InChI is InChI=1S/C20H27N3O3/c1-14(2)23-13-17(12-18(23)24)20(26)22-9-7-21(8-10-22)19(25)16-6-4-5-15(3)11-16/h4-6,11,14,17H,7-10,12-13H2,1-3H3. The molecule has 0 spiro atoms. The van der Waals surface area contributed by atoms with E-state index < -0.39 is 0 Å². The van der Waals surface area contributed by atoms with E-state index in [1.165, 1.54) is 0 Å². The summed E-state index contributed by atoms with van der Waals surface area (Å²) in [5, 5.41) is 0. The van der Waals surface area contributed by atoms with Crippen LogP contribution >= 0.6 is 0 Å². The lowest BCUT2D eigenvalue weighted by Crippen LogP contribution is -2.52. The number of rotatable bonds is 3. The average molecular weight is 357 g/mol. The van der Waals surface area contributed by atoms with Crippen LogP contribution in [0.4, 0.5) is 0 Å². The average Bonchev–Trinajstić information content (AvgIpc) is 3.02. The molecule has 1 aromatic rings. The summed E-state index contributed by atoms with van der Waals surface area (Å²) in [5.41, 5.74) is 1.75. The minimum atomic E-state index is -0.246. The Labute approximate surface area is 154 Å². The predicted octanol–water partition coefficient (Wildman–Crippen LogP) is 1.54. The first-order valence-corrected chi connectivity index (χ1v) is 9.31.